The van der Waals surface area contributed by atoms with Crippen molar-refractivity contribution in [1.29, 1.82) is 0 Å². The third-order valence-corrected chi connectivity index (χ3v) is 3.69. The van der Waals surface area contributed by atoms with Gasteiger partial charge in [0.25, 0.3) is 0 Å². The summed E-state index contributed by atoms with van der Waals surface area (Å²) in [6.07, 6.45) is 4.82. The molecule has 0 fully saturated rings. The molecule has 1 aromatic heterocycles. The summed E-state index contributed by atoms with van der Waals surface area (Å²) in [6, 6.07) is 14.4. The fourth-order valence-corrected chi connectivity index (χ4v) is 2.27. The zero-order valence-corrected chi connectivity index (χ0v) is 13.6. The summed E-state index contributed by atoms with van der Waals surface area (Å²) in [7, 11) is 0. The van der Waals surface area contributed by atoms with E-state index in [1.54, 1.807) is 30.2 Å². The van der Waals surface area contributed by atoms with Gasteiger partial charge in [0, 0.05) is 12.4 Å². The van der Waals surface area contributed by atoms with Crippen molar-refractivity contribution in [2.75, 3.05) is 6.61 Å². The van der Waals surface area contributed by atoms with E-state index in [1.807, 2.05) is 30.3 Å². The highest BCUT2D eigenvalue weighted by Crippen LogP contribution is 2.22. The lowest BCUT2D eigenvalue weighted by molar-refractivity contribution is -0.0794. The number of nitrogens with zero attached hydrogens (tertiary/aromatic N) is 2. The molecule has 0 bridgehead atoms. The van der Waals surface area contributed by atoms with Crippen molar-refractivity contribution in [3.05, 3.63) is 84.7 Å². The molecule has 1 unspecified atom stereocenters. The normalized spacial score (nSPS) is 13.0. The summed E-state index contributed by atoms with van der Waals surface area (Å²) in [5.74, 6) is -0.333. The van der Waals surface area contributed by atoms with Crippen LogP contribution in [0.15, 0.2) is 73.3 Å². The highest BCUT2D eigenvalue weighted by atomic mass is 19.1. The second-order valence-corrected chi connectivity index (χ2v) is 5.64. The summed E-state index contributed by atoms with van der Waals surface area (Å²) in [5.41, 5.74) is -0.856. The maximum atomic E-state index is 13.0. The molecule has 0 aliphatic heterocycles. The van der Waals surface area contributed by atoms with E-state index in [2.05, 4.69) is 4.98 Å². The van der Waals surface area contributed by atoms with Gasteiger partial charge < -0.3 is 9.47 Å². The van der Waals surface area contributed by atoms with Crippen molar-refractivity contribution in [3.8, 4) is 5.75 Å². The van der Waals surface area contributed by atoms with Crippen molar-refractivity contribution in [3.63, 3.8) is 0 Å². The number of hydrogen-bond acceptors (Lipinski definition) is 4. The van der Waals surface area contributed by atoms with Crippen LogP contribution in [0.1, 0.15) is 17.3 Å². The third kappa shape index (κ3) is 4.03. The number of rotatable bonds is 6. The van der Waals surface area contributed by atoms with Gasteiger partial charge >= 0.3 is 5.97 Å². The molecular weight excluding hydrogens is 323 g/mol. The smallest absolute Gasteiger partial charge is 0.340 e. The van der Waals surface area contributed by atoms with E-state index in [0.29, 0.717) is 5.75 Å². The molecule has 0 radical (unpaired) electrons. The highest BCUT2D eigenvalue weighted by Gasteiger charge is 2.32. The van der Waals surface area contributed by atoms with Gasteiger partial charge in [-0.1, -0.05) is 18.2 Å². The van der Waals surface area contributed by atoms with Crippen LogP contribution in [0.5, 0.6) is 5.75 Å². The first-order chi connectivity index (χ1) is 12.1. The third-order valence-electron chi connectivity index (χ3n) is 3.69. The SMILES string of the molecule is CC(COc1ccccc1)(OC(=O)c1ccc(F)cc1)n1ccnc1. The minimum Gasteiger partial charge on any atom is -0.487 e. The molecule has 3 rings (SSSR count). The Labute approximate surface area is 144 Å². The number of ether oxygens (including phenoxy) is 2. The molecule has 25 heavy (non-hydrogen) atoms. The van der Waals surface area contributed by atoms with Gasteiger partial charge in [-0.15, -0.1) is 0 Å². The van der Waals surface area contributed by atoms with Crippen LogP contribution in [0.25, 0.3) is 0 Å². The van der Waals surface area contributed by atoms with Crippen molar-refractivity contribution in [1.82, 2.24) is 9.55 Å². The Morgan fingerprint density at radius 1 is 1.16 bits per heavy atom. The number of carbonyl (C=O) groups excluding carboxylic acids is 1. The van der Waals surface area contributed by atoms with E-state index in [4.69, 9.17) is 9.47 Å². The molecule has 6 heteroatoms. The molecule has 0 aliphatic carbocycles. The van der Waals surface area contributed by atoms with Gasteiger partial charge in [-0.3, -0.25) is 4.57 Å². The Kier molecular flexibility index (Phi) is 4.79. The maximum Gasteiger partial charge on any atom is 0.340 e. The van der Waals surface area contributed by atoms with Crippen LogP contribution in [0.3, 0.4) is 0 Å². The Morgan fingerprint density at radius 3 is 2.52 bits per heavy atom. The summed E-state index contributed by atoms with van der Waals surface area (Å²) in [6.45, 7) is 1.80. The minimum atomic E-state index is -1.11. The number of carbonyl (C=O) groups is 1. The molecule has 0 N–H and O–H groups in total. The molecule has 3 aromatic rings. The van der Waals surface area contributed by atoms with E-state index in [-0.39, 0.29) is 12.2 Å². The van der Waals surface area contributed by atoms with Crippen LogP contribution in [-0.2, 0) is 10.5 Å². The average Bonchev–Trinajstić information content (AvgIpc) is 3.17. The topological polar surface area (TPSA) is 53.4 Å². The van der Waals surface area contributed by atoms with E-state index in [1.165, 1.54) is 24.3 Å². The quantitative estimate of drug-likeness (QED) is 0.643. The van der Waals surface area contributed by atoms with Gasteiger partial charge in [0.15, 0.2) is 0 Å². The van der Waals surface area contributed by atoms with Gasteiger partial charge in [0.05, 0.1) is 11.9 Å². The number of esters is 1. The number of imidazole rings is 1. The number of benzene rings is 2. The molecule has 0 spiro atoms. The number of hydrogen-bond donors (Lipinski definition) is 0. The molecule has 0 saturated carbocycles. The lowest BCUT2D eigenvalue weighted by Gasteiger charge is -2.30. The maximum absolute atomic E-state index is 13.0. The Balaban J connectivity index is 1.79. The molecule has 2 aromatic carbocycles. The standard InChI is InChI=1S/C19H17FN2O3/c1-19(22-12-11-21-14-22,13-24-17-5-3-2-4-6-17)25-18(23)15-7-9-16(20)10-8-15/h2-12,14H,13H2,1H3. The van der Waals surface area contributed by atoms with Crippen LogP contribution >= 0.6 is 0 Å². The summed E-state index contributed by atoms with van der Waals surface area (Å²) < 4.78 is 26.1. The van der Waals surface area contributed by atoms with E-state index >= 15 is 0 Å². The van der Waals surface area contributed by atoms with Gasteiger partial charge in [-0.2, -0.15) is 0 Å². The second kappa shape index (κ2) is 7.17. The largest absolute Gasteiger partial charge is 0.487 e. The number of para-hydroxylation sites is 1. The van der Waals surface area contributed by atoms with Gasteiger partial charge in [0.2, 0.25) is 5.72 Å². The lowest BCUT2D eigenvalue weighted by atomic mass is 10.2. The van der Waals surface area contributed by atoms with E-state index in [9.17, 15) is 9.18 Å². The zero-order chi connectivity index (χ0) is 17.7. The van der Waals surface area contributed by atoms with Crippen molar-refractivity contribution < 1.29 is 18.7 Å². The molecule has 1 atom stereocenters. The summed E-state index contributed by atoms with van der Waals surface area (Å²) in [4.78, 5) is 16.4. The monoisotopic (exact) mass is 340 g/mol. The van der Waals surface area contributed by atoms with E-state index < -0.39 is 17.5 Å². The Bertz CT molecular complexity index is 820. The summed E-state index contributed by atoms with van der Waals surface area (Å²) in [5, 5.41) is 0. The van der Waals surface area contributed by atoms with Crippen LogP contribution < -0.4 is 4.74 Å². The van der Waals surface area contributed by atoms with Crippen molar-refractivity contribution >= 4 is 5.97 Å². The highest BCUT2D eigenvalue weighted by molar-refractivity contribution is 5.89. The Morgan fingerprint density at radius 2 is 1.88 bits per heavy atom. The van der Waals surface area contributed by atoms with Crippen LogP contribution in [0.2, 0.25) is 0 Å². The second-order valence-electron chi connectivity index (χ2n) is 5.64. The van der Waals surface area contributed by atoms with Crippen molar-refractivity contribution in [2.45, 2.75) is 12.6 Å². The molecule has 1 heterocycles. The minimum absolute atomic E-state index is 0.0836. The number of aromatic nitrogens is 2. The Hall–Kier alpha value is -3.15. The lowest BCUT2D eigenvalue weighted by Crippen LogP contribution is -2.40. The molecule has 0 aliphatic rings. The molecular formula is C19H17FN2O3. The first-order valence-corrected chi connectivity index (χ1v) is 7.72. The summed E-state index contributed by atoms with van der Waals surface area (Å²) >= 11 is 0. The predicted octanol–water partition coefficient (Wildman–Crippen LogP) is 3.63. The van der Waals surface area contributed by atoms with Crippen molar-refractivity contribution in [2.24, 2.45) is 0 Å². The molecule has 5 nitrogen and oxygen atoms in total. The fourth-order valence-electron chi connectivity index (χ4n) is 2.27. The first kappa shape index (κ1) is 16.7. The van der Waals surface area contributed by atoms with Crippen LogP contribution in [0.4, 0.5) is 4.39 Å². The van der Waals surface area contributed by atoms with E-state index in [0.717, 1.165) is 0 Å². The van der Waals surface area contributed by atoms with Crippen LogP contribution in [0, 0.1) is 5.82 Å². The van der Waals surface area contributed by atoms with Gasteiger partial charge in [-0.25, -0.2) is 14.2 Å². The average molecular weight is 340 g/mol. The predicted molar refractivity (Wildman–Crippen MR) is 89.6 cm³/mol. The number of halogens is 1. The van der Waals surface area contributed by atoms with Crippen LogP contribution in [-0.4, -0.2) is 22.1 Å². The zero-order valence-electron chi connectivity index (χ0n) is 13.6. The molecule has 0 amide bonds. The molecule has 0 saturated heterocycles. The first-order valence-electron chi connectivity index (χ1n) is 7.72. The van der Waals surface area contributed by atoms with Gasteiger partial charge in [0.1, 0.15) is 18.2 Å². The fraction of sp³-hybridized carbons (Fsp3) is 0.158. The molecule has 128 valence electrons. The van der Waals surface area contributed by atoms with Gasteiger partial charge in [-0.05, 0) is 43.3 Å².